The van der Waals surface area contributed by atoms with Crippen LogP contribution in [-0.2, 0) is 9.53 Å². The Labute approximate surface area is 71.3 Å². The van der Waals surface area contributed by atoms with E-state index in [1.165, 1.54) is 4.90 Å². The van der Waals surface area contributed by atoms with Crippen molar-refractivity contribution in [3.05, 3.63) is 0 Å². The normalized spacial score (nSPS) is 23.5. The van der Waals surface area contributed by atoms with Crippen molar-refractivity contribution in [2.24, 2.45) is 0 Å². The van der Waals surface area contributed by atoms with Crippen LogP contribution in [0.4, 0.5) is 0 Å². The molecule has 0 unspecified atom stereocenters. The van der Waals surface area contributed by atoms with Crippen LogP contribution in [0.15, 0.2) is 0 Å². The molecule has 0 bridgehead atoms. The number of alkyl halides is 1. The minimum Gasteiger partial charge on any atom is -0.378 e. The van der Waals surface area contributed by atoms with E-state index in [0.717, 1.165) is 0 Å². The average molecular weight is 210 g/mol. The highest BCUT2D eigenvalue weighted by molar-refractivity contribution is 9.09. The minimum absolute atomic E-state index is 0.476. The first-order valence-electron chi connectivity index (χ1n) is 4.08. The SMILES string of the molecule is [2H]C([2H])(Br)C(=O)N1CCOCC1. The molecule has 4 heteroatoms. The predicted molar refractivity (Wildman–Crippen MR) is 41.2 cm³/mol. The maximum atomic E-state index is 11.3. The van der Waals surface area contributed by atoms with Crippen molar-refractivity contribution in [3.8, 4) is 0 Å². The van der Waals surface area contributed by atoms with Crippen LogP contribution in [0.5, 0.6) is 0 Å². The van der Waals surface area contributed by atoms with Gasteiger partial charge >= 0.3 is 0 Å². The number of ether oxygens (including phenoxy) is 1. The molecule has 3 nitrogen and oxygen atoms in total. The fraction of sp³-hybridized carbons (Fsp3) is 0.833. The van der Waals surface area contributed by atoms with Crippen molar-refractivity contribution in [2.45, 2.75) is 0 Å². The monoisotopic (exact) mass is 209 g/mol. The number of hydrogen-bond acceptors (Lipinski definition) is 2. The fourth-order valence-electron chi connectivity index (χ4n) is 0.826. The fourth-order valence-corrected chi connectivity index (χ4v) is 1.08. The third-order valence-corrected chi connectivity index (χ3v) is 1.72. The first-order valence-corrected chi connectivity index (χ1v) is 3.87. The Morgan fingerprint density at radius 2 is 2.30 bits per heavy atom. The van der Waals surface area contributed by atoms with Gasteiger partial charge in [0, 0.05) is 15.8 Å². The largest absolute Gasteiger partial charge is 0.378 e. The highest BCUT2D eigenvalue weighted by atomic mass is 79.9. The van der Waals surface area contributed by atoms with Crippen LogP contribution in [0.25, 0.3) is 0 Å². The van der Waals surface area contributed by atoms with E-state index in [9.17, 15) is 4.79 Å². The molecule has 10 heavy (non-hydrogen) atoms. The Bertz CT molecular complexity index is 177. The van der Waals surface area contributed by atoms with Gasteiger partial charge in [0.15, 0.2) is 0 Å². The second-order valence-electron chi connectivity index (χ2n) is 2.00. The lowest BCUT2D eigenvalue weighted by Gasteiger charge is -2.25. The first-order chi connectivity index (χ1) is 5.52. The van der Waals surface area contributed by atoms with Crippen LogP contribution in [0.2, 0.25) is 0 Å². The van der Waals surface area contributed by atoms with Gasteiger partial charge in [-0.25, -0.2) is 0 Å². The second-order valence-corrected chi connectivity index (χ2v) is 2.40. The van der Waals surface area contributed by atoms with Gasteiger partial charge in [0.05, 0.1) is 18.5 Å². The molecule has 1 aliphatic heterocycles. The number of morpholine rings is 1. The Morgan fingerprint density at radius 1 is 1.70 bits per heavy atom. The van der Waals surface area contributed by atoms with Crippen molar-refractivity contribution < 1.29 is 12.3 Å². The van der Waals surface area contributed by atoms with E-state index in [2.05, 4.69) is 15.9 Å². The van der Waals surface area contributed by atoms with E-state index >= 15 is 0 Å². The van der Waals surface area contributed by atoms with E-state index in [-0.39, 0.29) is 0 Å². The summed E-state index contributed by atoms with van der Waals surface area (Å²) in [4.78, 5) is 12.7. The summed E-state index contributed by atoms with van der Waals surface area (Å²) in [7, 11) is 0. The van der Waals surface area contributed by atoms with Gasteiger partial charge in [0.25, 0.3) is 0 Å². The Hall–Kier alpha value is -0.0900. The maximum Gasteiger partial charge on any atom is 0.233 e. The number of carbonyl (C=O) groups excluding carboxylic acids is 1. The molecule has 0 radical (unpaired) electrons. The van der Waals surface area contributed by atoms with Gasteiger partial charge < -0.3 is 9.64 Å². The van der Waals surface area contributed by atoms with E-state index in [1.54, 1.807) is 0 Å². The molecular weight excluding hydrogens is 198 g/mol. The molecule has 1 aliphatic rings. The maximum absolute atomic E-state index is 11.3. The topological polar surface area (TPSA) is 29.5 Å². The predicted octanol–water partition coefficient (Wildman–Crippen LogP) is 0.240. The molecule has 0 aromatic carbocycles. The second kappa shape index (κ2) is 3.93. The number of hydrogen-bond donors (Lipinski definition) is 0. The molecule has 0 aromatic rings. The number of nitrogens with zero attached hydrogens (tertiary/aromatic N) is 1. The zero-order valence-corrected chi connectivity index (χ0v) is 7.06. The van der Waals surface area contributed by atoms with Gasteiger partial charge in [-0.3, -0.25) is 4.79 Å². The summed E-state index contributed by atoms with van der Waals surface area (Å²) in [6, 6.07) is 0. The van der Waals surface area contributed by atoms with Crippen molar-refractivity contribution in [3.63, 3.8) is 0 Å². The summed E-state index contributed by atoms with van der Waals surface area (Å²) in [5, 5.41) is -1.94. The van der Waals surface area contributed by atoms with E-state index in [0.29, 0.717) is 26.3 Å². The summed E-state index contributed by atoms with van der Waals surface area (Å²) in [5.74, 6) is -0.522. The summed E-state index contributed by atoms with van der Waals surface area (Å²) in [5.41, 5.74) is 0. The molecule has 0 atom stereocenters. The Balaban J connectivity index is 2.51. The molecule has 0 aliphatic carbocycles. The quantitative estimate of drug-likeness (QED) is 0.580. The molecule has 1 heterocycles. The first kappa shape index (κ1) is 5.55. The number of carbonyl (C=O) groups is 1. The van der Waals surface area contributed by atoms with Crippen LogP contribution < -0.4 is 0 Å². The summed E-state index contributed by atoms with van der Waals surface area (Å²) in [6.45, 7) is 1.94. The zero-order valence-electron chi connectivity index (χ0n) is 7.47. The summed E-state index contributed by atoms with van der Waals surface area (Å²) >= 11 is 2.68. The Morgan fingerprint density at radius 3 is 2.80 bits per heavy atom. The number of rotatable bonds is 1. The van der Waals surface area contributed by atoms with Gasteiger partial charge in [-0.1, -0.05) is 15.9 Å². The van der Waals surface area contributed by atoms with Crippen LogP contribution in [0.1, 0.15) is 2.74 Å². The molecule has 1 amide bonds. The minimum atomic E-state index is -1.94. The van der Waals surface area contributed by atoms with Gasteiger partial charge in [-0.15, -0.1) is 0 Å². The standard InChI is InChI=1S/C6H10BrNO2/c7-5-6(9)8-1-3-10-4-2-8/h1-5H2/i5D2. The van der Waals surface area contributed by atoms with Crippen LogP contribution in [0, 0.1) is 0 Å². The zero-order chi connectivity index (χ0) is 9.19. The molecule has 0 aromatic heterocycles. The highest BCUT2D eigenvalue weighted by Crippen LogP contribution is 1.98. The van der Waals surface area contributed by atoms with Gasteiger partial charge in [0.1, 0.15) is 0 Å². The van der Waals surface area contributed by atoms with Crippen molar-refractivity contribution in [1.82, 2.24) is 4.90 Å². The van der Waals surface area contributed by atoms with Crippen molar-refractivity contribution in [2.75, 3.05) is 31.6 Å². The third kappa shape index (κ3) is 1.95. The number of halogens is 1. The van der Waals surface area contributed by atoms with Crippen molar-refractivity contribution >= 4 is 21.8 Å². The lowest BCUT2D eigenvalue weighted by Crippen LogP contribution is -2.41. The lowest BCUT2D eigenvalue weighted by atomic mass is 10.4. The molecule has 1 saturated heterocycles. The average Bonchev–Trinajstić information content (AvgIpc) is 2.03. The summed E-state index contributed by atoms with van der Waals surface area (Å²) in [6.07, 6.45) is 0. The third-order valence-electron chi connectivity index (χ3n) is 1.38. The van der Waals surface area contributed by atoms with Crippen LogP contribution in [-0.4, -0.2) is 42.4 Å². The summed E-state index contributed by atoms with van der Waals surface area (Å²) < 4.78 is 19.3. The lowest BCUT2D eigenvalue weighted by molar-refractivity contribution is -0.132. The molecule has 0 spiro atoms. The van der Waals surface area contributed by atoms with Crippen LogP contribution >= 0.6 is 15.9 Å². The molecule has 0 saturated carbocycles. The van der Waals surface area contributed by atoms with E-state index < -0.39 is 11.2 Å². The smallest absolute Gasteiger partial charge is 0.233 e. The van der Waals surface area contributed by atoms with Crippen LogP contribution in [0.3, 0.4) is 0 Å². The Kier molecular flexibility index (Phi) is 2.18. The number of amides is 1. The molecule has 1 rings (SSSR count). The molecule has 0 N–H and O–H groups in total. The van der Waals surface area contributed by atoms with Gasteiger partial charge in [-0.05, 0) is 0 Å². The molecule has 1 fully saturated rings. The van der Waals surface area contributed by atoms with Gasteiger partial charge in [0.2, 0.25) is 5.91 Å². The molecule has 58 valence electrons. The van der Waals surface area contributed by atoms with E-state index in [1.807, 2.05) is 0 Å². The highest BCUT2D eigenvalue weighted by Gasteiger charge is 2.14. The molecular formula is C6H10BrNO2. The van der Waals surface area contributed by atoms with Crippen molar-refractivity contribution in [1.29, 1.82) is 0 Å². The van der Waals surface area contributed by atoms with E-state index in [4.69, 9.17) is 7.48 Å². The van der Waals surface area contributed by atoms with Gasteiger partial charge in [-0.2, -0.15) is 0 Å².